The fourth-order valence-electron chi connectivity index (χ4n) is 1.46. The highest BCUT2D eigenvalue weighted by Crippen LogP contribution is 2.22. The van der Waals surface area contributed by atoms with E-state index in [2.05, 4.69) is 10.2 Å². The standard InChI is InChI=1S/C11H13ClN4O2S2/c1-15(5-7-3-4-8(12)20-7)9(17)6-19-11-14-13-10(18)16(11)2/h3-4H,5-6H2,1-2H3,(H,13,18). The van der Waals surface area contributed by atoms with Crippen molar-refractivity contribution >= 4 is 40.6 Å². The van der Waals surface area contributed by atoms with Gasteiger partial charge < -0.3 is 4.90 Å². The lowest BCUT2D eigenvalue weighted by Crippen LogP contribution is -2.27. The van der Waals surface area contributed by atoms with Crippen LogP contribution >= 0.6 is 34.7 Å². The minimum Gasteiger partial charge on any atom is -0.340 e. The fraction of sp³-hybridized carbons (Fsp3) is 0.364. The summed E-state index contributed by atoms with van der Waals surface area (Å²) in [6.45, 7) is 0.524. The van der Waals surface area contributed by atoms with Gasteiger partial charge >= 0.3 is 5.69 Å². The van der Waals surface area contributed by atoms with Gasteiger partial charge in [-0.15, -0.1) is 16.4 Å². The molecule has 2 rings (SSSR count). The highest BCUT2D eigenvalue weighted by Gasteiger charge is 2.13. The molecule has 108 valence electrons. The molecule has 0 atom stereocenters. The third-order valence-corrected chi connectivity index (χ3v) is 4.84. The normalized spacial score (nSPS) is 10.8. The second-order valence-corrected chi connectivity index (χ2v) is 6.86. The summed E-state index contributed by atoms with van der Waals surface area (Å²) in [6.07, 6.45) is 0. The third-order valence-electron chi connectivity index (χ3n) is 2.61. The molecule has 0 saturated heterocycles. The summed E-state index contributed by atoms with van der Waals surface area (Å²) in [6, 6.07) is 3.72. The summed E-state index contributed by atoms with van der Waals surface area (Å²) in [4.78, 5) is 25.8. The van der Waals surface area contributed by atoms with Crippen LogP contribution in [0.1, 0.15) is 4.88 Å². The highest BCUT2D eigenvalue weighted by molar-refractivity contribution is 7.99. The predicted octanol–water partition coefficient (Wildman–Crippen LogP) is 1.57. The molecule has 20 heavy (non-hydrogen) atoms. The van der Waals surface area contributed by atoms with E-state index in [0.29, 0.717) is 16.0 Å². The van der Waals surface area contributed by atoms with Crippen LogP contribution in [0.4, 0.5) is 0 Å². The van der Waals surface area contributed by atoms with Gasteiger partial charge in [0.1, 0.15) is 0 Å². The zero-order chi connectivity index (χ0) is 14.7. The molecule has 0 aromatic carbocycles. The molecule has 0 spiro atoms. The number of halogens is 1. The van der Waals surface area contributed by atoms with Gasteiger partial charge in [0.25, 0.3) is 0 Å². The zero-order valence-electron chi connectivity index (χ0n) is 10.9. The summed E-state index contributed by atoms with van der Waals surface area (Å²) in [5.74, 6) is 0.197. The molecule has 6 nitrogen and oxygen atoms in total. The number of carbonyl (C=O) groups excluding carboxylic acids is 1. The lowest BCUT2D eigenvalue weighted by Gasteiger charge is -2.15. The first-order valence-corrected chi connectivity index (χ1v) is 7.87. The van der Waals surface area contributed by atoms with Crippen molar-refractivity contribution in [1.29, 1.82) is 0 Å². The fourth-order valence-corrected chi connectivity index (χ4v) is 3.46. The van der Waals surface area contributed by atoms with E-state index in [1.54, 1.807) is 19.0 Å². The first-order chi connectivity index (χ1) is 9.47. The van der Waals surface area contributed by atoms with Crippen molar-refractivity contribution < 1.29 is 4.79 Å². The molecule has 1 N–H and O–H groups in total. The Hall–Kier alpha value is -1.25. The third kappa shape index (κ3) is 3.65. The van der Waals surface area contributed by atoms with Crippen LogP contribution in [0.3, 0.4) is 0 Å². The number of thiophene rings is 1. The van der Waals surface area contributed by atoms with Crippen molar-refractivity contribution in [2.45, 2.75) is 11.7 Å². The molecule has 2 heterocycles. The number of thioether (sulfide) groups is 1. The number of hydrogen-bond donors (Lipinski definition) is 1. The van der Waals surface area contributed by atoms with Gasteiger partial charge in [-0.2, -0.15) is 0 Å². The average Bonchev–Trinajstić information content (AvgIpc) is 2.95. The van der Waals surface area contributed by atoms with Gasteiger partial charge in [-0.25, -0.2) is 9.89 Å². The molecule has 0 fully saturated rings. The van der Waals surface area contributed by atoms with Gasteiger partial charge in [0.15, 0.2) is 5.16 Å². The largest absolute Gasteiger partial charge is 0.343 e. The Morgan fingerprint density at radius 2 is 2.35 bits per heavy atom. The maximum atomic E-state index is 12.0. The summed E-state index contributed by atoms with van der Waals surface area (Å²) in [5.41, 5.74) is -0.290. The minimum atomic E-state index is -0.290. The Bertz CT molecular complexity index is 663. The molecule has 2 aromatic heterocycles. The van der Waals surface area contributed by atoms with E-state index in [-0.39, 0.29) is 17.3 Å². The lowest BCUT2D eigenvalue weighted by atomic mass is 10.4. The van der Waals surface area contributed by atoms with Gasteiger partial charge in [-0.3, -0.25) is 9.36 Å². The van der Waals surface area contributed by atoms with Gasteiger partial charge in [-0.1, -0.05) is 23.4 Å². The van der Waals surface area contributed by atoms with E-state index >= 15 is 0 Å². The quantitative estimate of drug-likeness (QED) is 0.844. The van der Waals surface area contributed by atoms with Crippen LogP contribution in [0.2, 0.25) is 4.34 Å². The molecule has 0 aliphatic rings. The molecule has 0 unspecified atom stereocenters. The number of aromatic nitrogens is 3. The van der Waals surface area contributed by atoms with Gasteiger partial charge in [0.05, 0.1) is 16.6 Å². The average molecular weight is 333 g/mol. The van der Waals surface area contributed by atoms with E-state index in [1.807, 2.05) is 12.1 Å². The maximum Gasteiger partial charge on any atom is 0.343 e. The summed E-state index contributed by atoms with van der Waals surface area (Å²) < 4.78 is 2.08. The number of hydrogen-bond acceptors (Lipinski definition) is 5. The Balaban J connectivity index is 1.88. The first-order valence-electron chi connectivity index (χ1n) is 5.69. The summed E-state index contributed by atoms with van der Waals surface area (Å²) >= 11 is 8.53. The lowest BCUT2D eigenvalue weighted by molar-refractivity contribution is -0.127. The minimum absolute atomic E-state index is 0.0324. The van der Waals surface area contributed by atoms with Crippen molar-refractivity contribution in [1.82, 2.24) is 19.7 Å². The van der Waals surface area contributed by atoms with Crippen LogP contribution in [-0.4, -0.2) is 38.4 Å². The Morgan fingerprint density at radius 1 is 1.60 bits per heavy atom. The molecular formula is C11H13ClN4O2S2. The Morgan fingerprint density at radius 3 is 2.90 bits per heavy atom. The van der Waals surface area contributed by atoms with Crippen LogP contribution in [0, 0.1) is 0 Å². The van der Waals surface area contributed by atoms with Gasteiger partial charge in [0, 0.05) is 19.0 Å². The van der Waals surface area contributed by atoms with Crippen LogP contribution in [0.5, 0.6) is 0 Å². The summed E-state index contributed by atoms with van der Waals surface area (Å²) in [7, 11) is 3.34. The number of nitrogens with one attached hydrogen (secondary N) is 1. The van der Waals surface area contributed by atoms with Gasteiger partial charge in [0.2, 0.25) is 5.91 Å². The zero-order valence-corrected chi connectivity index (χ0v) is 13.3. The van der Waals surface area contributed by atoms with E-state index in [0.717, 1.165) is 4.88 Å². The number of H-pyrrole nitrogens is 1. The molecular weight excluding hydrogens is 320 g/mol. The Kier molecular flexibility index (Phi) is 4.90. The molecule has 0 saturated carbocycles. The van der Waals surface area contributed by atoms with E-state index in [1.165, 1.54) is 27.7 Å². The van der Waals surface area contributed by atoms with Crippen molar-refractivity contribution in [3.8, 4) is 0 Å². The number of aromatic amines is 1. The first kappa shape index (κ1) is 15.1. The second kappa shape index (κ2) is 6.47. The van der Waals surface area contributed by atoms with Crippen molar-refractivity contribution in [2.24, 2.45) is 7.05 Å². The number of carbonyl (C=O) groups is 1. The summed E-state index contributed by atoms with van der Waals surface area (Å²) in [5, 5.41) is 6.66. The molecule has 9 heteroatoms. The SMILES string of the molecule is CN(Cc1ccc(Cl)s1)C(=O)CSc1n[nH]c(=O)n1C. The molecule has 2 aromatic rings. The smallest absolute Gasteiger partial charge is 0.340 e. The Labute approximate surface area is 128 Å². The molecule has 0 radical (unpaired) electrons. The van der Waals surface area contributed by atoms with E-state index < -0.39 is 0 Å². The number of amides is 1. The number of nitrogens with zero attached hydrogens (tertiary/aromatic N) is 3. The predicted molar refractivity (Wildman–Crippen MR) is 80.4 cm³/mol. The maximum absolute atomic E-state index is 12.0. The van der Waals surface area contributed by atoms with Crippen LogP contribution < -0.4 is 5.69 Å². The monoisotopic (exact) mass is 332 g/mol. The van der Waals surface area contributed by atoms with Crippen LogP contribution in [-0.2, 0) is 18.4 Å². The topological polar surface area (TPSA) is 71.0 Å². The van der Waals surface area contributed by atoms with Crippen LogP contribution in [0.15, 0.2) is 22.1 Å². The van der Waals surface area contributed by atoms with Crippen LogP contribution in [0.25, 0.3) is 0 Å². The molecule has 1 amide bonds. The van der Waals surface area contributed by atoms with Crippen molar-refractivity contribution in [3.05, 3.63) is 31.8 Å². The van der Waals surface area contributed by atoms with Gasteiger partial charge in [-0.05, 0) is 12.1 Å². The van der Waals surface area contributed by atoms with Crippen molar-refractivity contribution in [2.75, 3.05) is 12.8 Å². The number of rotatable bonds is 5. The molecule has 0 aliphatic carbocycles. The highest BCUT2D eigenvalue weighted by atomic mass is 35.5. The molecule has 0 bridgehead atoms. The van der Waals surface area contributed by atoms with Crippen molar-refractivity contribution in [3.63, 3.8) is 0 Å². The molecule has 0 aliphatic heterocycles. The van der Waals surface area contributed by atoms with E-state index in [4.69, 9.17) is 11.6 Å². The second-order valence-electron chi connectivity index (χ2n) is 4.11. The van der Waals surface area contributed by atoms with E-state index in [9.17, 15) is 9.59 Å².